The summed E-state index contributed by atoms with van der Waals surface area (Å²) in [6, 6.07) is -0.117. The van der Waals surface area contributed by atoms with Crippen molar-refractivity contribution >= 4 is 39.1 Å². The summed E-state index contributed by atoms with van der Waals surface area (Å²) in [5, 5.41) is 13.3. The Kier molecular flexibility index (Phi) is 7.03. The van der Waals surface area contributed by atoms with E-state index in [4.69, 9.17) is 9.47 Å². The zero-order valence-electron chi connectivity index (χ0n) is 19.5. The van der Waals surface area contributed by atoms with E-state index >= 15 is 0 Å². The molecule has 0 aliphatic carbocycles. The molecule has 2 amide bonds. The standard InChI is InChI=1S/C21H21F3N8O3S/c1-5-35-18-13(8-12(21(22,23)24)17(31-18)32-26-6-7-27-32)29-20(33)30-14-9-25-19-16(28-11(3)36-19)15(14)10(2)34-4/h6-10H,5H2,1-4H3,(H2,29,30,33). The van der Waals surface area contributed by atoms with E-state index in [9.17, 15) is 18.0 Å². The molecule has 0 aromatic carbocycles. The highest BCUT2D eigenvalue weighted by Crippen LogP contribution is 2.38. The predicted molar refractivity (Wildman–Crippen MR) is 126 cm³/mol. The van der Waals surface area contributed by atoms with Gasteiger partial charge in [-0.2, -0.15) is 28.4 Å². The van der Waals surface area contributed by atoms with Gasteiger partial charge < -0.3 is 20.1 Å². The fraction of sp³-hybridized carbons (Fsp3) is 0.333. The van der Waals surface area contributed by atoms with Crippen LogP contribution in [0.5, 0.6) is 5.88 Å². The Labute approximate surface area is 206 Å². The molecule has 0 radical (unpaired) electrons. The van der Waals surface area contributed by atoms with Crippen LogP contribution in [-0.4, -0.2) is 49.7 Å². The van der Waals surface area contributed by atoms with Crippen molar-refractivity contribution in [1.82, 2.24) is 29.9 Å². The molecule has 11 nitrogen and oxygen atoms in total. The Morgan fingerprint density at radius 2 is 1.89 bits per heavy atom. The molecule has 4 aromatic rings. The van der Waals surface area contributed by atoms with Crippen molar-refractivity contribution < 1.29 is 27.4 Å². The lowest BCUT2D eigenvalue weighted by atomic mass is 10.1. The number of carbonyl (C=O) groups excluding carboxylic acids is 1. The van der Waals surface area contributed by atoms with Crippen molar-refractivity contribution in [1.29, 1.82) is 0 Å². The highest BCUT2D eigenvalue weighted by atomic mass is 32.1. The van der Waals surface area contributed by atoms with E-state index in [0.29, 0.717) is 21.6 Å². The van der Waals surface area contributed by atoms with Gasteiger partial charge in [0, 0.05) is 12.7 Å². The fourth-order valence-corrected chi connectivity index (χ4v) is 4.19. The molecule has 0 spiro atoms. The van der Waals surface area contributed by atoms with Gasteiger partial charge in [0.1, 0.15) is 21.6 Å². The van der Waals surface area contributed by atoms with Gasteiger partial charge in [-0.05, 0) is 26.8 Å². The summed E-state index contributed by atoms with van der Waals surface area (Å²) in [7, 11) is 1.51. The molecular weight excluding hydrogens is 501 g/mol. The van der Waals surface area contributed by atoms with Crippen LogP contribution < -0.4 is 15.4 Å². The number of nitrogens with zero attached hydrogens (tertiary/aromatic N) is 6. The van der Waals surface area contributed by atoms with E-state index in [0.717, 1.165) is 15.9 Å². The molecule has 2 N–H and O–H groups in total. The summed E-state index contributed by atoms with van der Waals surface area (Å²) in [4.78, 5) is 27.1. The molecule has 0 saturated heterocycles. The maximum atomic E-state index is 13.8. The first kappa shape index (κ1) is 25.2. The van der Waals surface area contributed by atoms with E-state index in [1.54, 1.807) is 13.8 Å². The molecule has 1 atom stereocenters. The number of pyridine rings is 2. The molecule has 190 valence electrons. The predicted octanol–water partition coefficient (Wildman–Crippen LogP) is 4.74. The summed E-state index contributed by atoms with van der Waals surface area (Å²) in [5.41, 5.74) is -0.0124. The molecule has 36 heavy (non-hydrogen) atoms. The number of aryl methyl sites for hydroxylation is 1. The van der Waals surface area contributed by atoms with Crippen LogP contribution in [0.2, 0.25) is 0 Å². The number of alkyl halides is 3. The third-order valence-electron chi connectivity index (χ3n) is 4.99. The average Bonchev–Trinajstić information content (AvgIpc) is 3.48. The van der Waals surface area contributed by atoms with Gasteiger partial charge in [-0.15, -0.1) is 4.80 Å². The number of methoxy groups -OCH3 is 1. The number of nitrogens with one attached hydrogen (secondary N) is 2. The Bertz CT molecular complexity index is 1390. The maximum Gasteiger partial charge on any atom is 0.420 e. The number of urea groups is 1. The number of ether oxygens (including phenoxy) is 2. The van der Waals surface area contributed by atoms with Crippen LogP contribution in [0.1, 0.15) is 36.1 Å². The van der Waals surface area contributed by atoms with E-state index in [1.807, 2.05) is 6.92 Å². The molecule has 4 rings (SSSR count). The smallest absolute Gasteiger partial charge is 0.420 e. The first-order chi connectivity index (χ1) is 17.1. The second kappa shape index (κ2) is 10.0. The number of hydrogen-bond donors (Lipinski definition) is 2. The maximum absolute atomic E-state index is 13.8. The number of rotatable bonds is 7. The highest BCUT2D eigenvalue weighted by molar-refractivity contribution is 7.18. The van der Waals surface area contributed by atoms with Crippen LogP contribution in [0, 0.1) is 6.92 Å². The largest absolute Gasteiger partial charge is 0.476 e. The molecule has 0 saturated carbocycles. The SMILES string of the molecule is CCOc1nc(-n2nccn2)c(C(F)(F)F)cc1NC(=O)Nc1cnc2sc(C)nc2c1C(C)OC. The first-order valence-corrected chi connectivity index (χ1v) is 11.4. The monoisotopic (exact) mass is 522 g/mol. The number of fused-ring (bicyclic) bond motifs is 1. The number of aromatic nitrogens is 6. The lowest BCUT2D eigenvalue weighted by Gasteiger charge is -2.18. The highest BCUT2D eigenvalue weighted by Gasteiger charge is 2.37. The minimum Gasteiger partial charge on any atom is -0.476 e. The molecular formula is C21H21F3N8O3S. The van der Waals surface area contributed by atoms with Crippen LogP contribution in [0.4, 0.5) is 29.3 Å². The molecule has 0 bridgehead atoms. The molecule has 0 fully saturated rings. The van der Waals surface area contributed by atoms with Crippen LogP contribution in [0.15, 0.2) is 24.7 Å². The van der Waals surface area contributed by atoms with E-state index in [2.05, 4.69) is 35.8 Å². The Hall–Kier alpha value is -3.85. The summed E-state index contributed by atoms with van der Waals surface area (Å²) in [5.74, 6) is -0.825. The van der Waals surface area contributed by atoms with Gasteiger partial charge in [-0.3, -0.25) is 0 Å². The fourth-order valence-electron chi connectivity index (χ4n) is 3.41. The van der Waals surface area contributed by atoms with Crippen molar-refractivity contribution in [3.05, 3.63) is 40.8 Å². The Balaban J connectivity index is 1.71. The lowest BCUT2D eigenvalue weighted by molar-refractivity contribution is -0.137. The quantitative estimate of drug-likeness (QED) is 0.356. The zero-order chi connectivity index (χ0) is 26.0. The van der Waals surface area contributed by atoms with Gasteiger partial charge >= 0.3 is 12.2 Å². The summed E-state index contributed by atoms with van der Waals surface area (Å²) in [6.45, 7) is 5.32. The minimum atomic E-state index is -4.81. The molecule has 0 aliphatic heterocycles. The zero-order valence-corrected chi connectivity index (χ0v) is 20.4. The first-order valence-electron chi connectivity index (χ1n) is 10.6. The van der Waals surface area contributed by atoms with Gasteiger partial charge in [-0.1, -0.05) is 11.3 Å². The molecule has 4 heterocycles. The van der Waals surface area contributed by atoms with Crippen LogP contribution in [-0.2, 0) is 10.9 Å². The van der Waals surface area contributed by atoms with Gasteiger partial charge in [0.15, 0.2) is 5.82 Å². The van der Waals surface area contributed by atoms with Crippen molar-refractivity contribution in [2.24, 2.45) is 0 Å². The summed E-state index contributed by atoms with van der Waals surface area (Å²) in [6.07, 6.45) is -1.39. The number of hydrogen-bond acceptors (Lipinski definition) is 9. The van der Waals surface area contributed by atoms with Gasteiger partial charge in [0.05, 0.1) is 42.0 Å². The molecule has 0 aliphatic rings. The third kappa shape index (κ3) is 5.06. The average molecular weight is 523 g/mol. The Morgan fingerprint density at radius 1 is 1.19 bits per heavy atom. The molecule has 15 heteroatoms. The normalized spacial score (nSPS) is 12.5. The minimum absolute atomic E-state index is 0.0832. The second-order valence-electron chi connectivity index (χ2n) is 7.39. The van der Waals surface area contributed by atoms with E-state index in [1.165, 1.54) is 37.0 Å². The van der Waals surface area contributed by atoms with Gasteiger partial charge in [-0.25, -0.2) is 14.8 Å². The lowest BCUT2D eigenvalue weighted by Crippen LogP contribution is -2.23. The van der Waals surface area contributed by atoms with Crippen LogP contribution >= 0.6 is 11.3 Å². The van der Waals surface area contributed by atoms with Crippen LogP contribution in [0.3, 0.4) is 0 Å². The summed E-state index contributed by atoms with van der Waals surface area (Å²) >= 11 is 1.39. The number of halogens is 3. The Morgan fingerprint density at radius 3 is 2.53 bits per heavy atom. The second-order valence-corrected chi connectivity index (χ2v) is 8.57. The number of carbonyl (C=O) groups is 1. The van der Waals surface area contributed by atoms with E-state index in [-0.39, 0.29) is 18.2 Å². The van der Waals surface area contributed by atoms with Crippen molar-refractivity contribution in [3.63, 3.8) is 0 Å². The number of thiazole rings is 1. The van der Waals surface area contributed by atoms with Gasteiger partial charge in [0.2, 0.25) is 5.88 Å². The molecule has 4 aromatic heterocycles. The summed E-state index contributed by atoms with van der Waals surface area (Å²) < 4.78 is 52.4. The third-order valence-corrected chi connectivity index (χ3v) is 5.87. The van der Waals surface area contributed by atoms with Crippen molar-refractivity contribution in [3.8, 4) is 11.7 Å². The van der Waals surface area contributed by atoms with Gasteiger partial charge in [0.25, 0.3) is 0 Å². The number of anilines is 2. The van der Waals surface area contributed by atoms with Crippen molar-refractivity contribution in [2.75, 3.05) is 24.4 Å². The molecule has 1 unspecified atom stereocenters. The topological polar surface area (TPSA) is 129 Å². The number of amides is 2. The van der Waals surface area contributed by atoms with Crippen LogP contribution in [0.25, 0.3) is 16.2 Å². The van der Waals surface area contributed by atoms with Crippen molar-refractivity contribution in [2.45, 2.75) is 33.1 Å². The van der Waals surface area contributed by atoms with E-state index < -0.39 is 29.7 Å².